The third-order valence-corrected chi connectivity index (χ3v) is 7.02. The normalized spacial score (nSPS) is 17.5. The Morgan fingerprint density at radius 1 is 1.21 bits per heavy atom. The minimum absolute atomic E-state index is 0. The molecular formula is C23H29ClN4O4S. The standard InChI is InChI=1S/C23H28N4O4S.ClH/c1-24-22-16-31-23-9-8-18(13-21(23)20(22)12-17-6-4-3-5-7-17)30-11-10-26-32(28,29)19-14-25-27(2)15-19;/h3-9,13-15,20,22,24,26H,10-12,16H2,1-2H3;1H/t20-,22+;/m0./s1. The van der Waals surface area contributed by atoms with Crippen LogP contribution in [0.1, 0.15) is 17.0 Å². The van der Waals surface area contributed by atoms with Gasteiger partial charge in [-0.2, -0.15) is 5.10 Å². The summed E-state index contributed by atoms with van der Waals surface area (Å²) in [6, 6.07) is 16.4. The summed E-state index contributed by atoms with van der Waals surface area (Å²) in [4.78, 5) is 0.132. The maximum absolute atomic E-state index is 12.3. The van der Waals surface area contributed by atoms with Crippen molar-refractivity contribution in [2.75, 3.05) is 26.8 Å². The number of halogens is 1. The molecule has 3 aromatic rings. The molecule has 0 fully saturated rings. The van der Waals surface area contributed by atoms with Gasteiger partial charge in [0.05, 0.1) is 6.20 Å². The number of hydrogen-bond acceptors (Lipinski definition) is 6. The molecule has 10 heteroatoms. The summed E-state index contributed by atoms with van der Waals surface area (Å²) in [5, 5.41) is 7.27. The van der Waals surface area contributed by atoms with Gasteiger partial charge in [0.1, 0.15) is 29.6 Å². The third-order valence-electron chi connectivity index (χ3n) is 5.61. The molecule has 4 rings (SSSR count). The highest BCUT2D eigenvalue weighted by Crippen LogP contribution is 2.38. The summed E-state index contributed by atoms with van der Waals surface area (Å²) in [5.74, 6) is 1.78. The number of rotatable bonds is 9. The van der Waals surface area contributed by atoms with Gasteiger partial charge in [-0.25, -0.2) is 13.1 Å². The highest BCUT2D eigenvalue weighted by Gasteiger charge is 2.30. The molecule has 1 aromatic heterocycles. The van der Waals surface area contributed by atoms with Crippen molar-refractivity contribution in [1.82, 2.24) is 19.8 Å². The quantitative estimate of drug-likeness (QED) is 0.446. The average Bonchev–Trinajstić information content (AvgIpc) is 3.25. The molecule has 1 aliphatic rings. The Kier molecular flexibility index (Phi) is 8.36. The molecule has 2 heterocycles. The molecule has 8 nitrogen and oxygen atoms in total. The number of nitrogens with one attached hydrogen (secondary N) is 2. The number of benzene rings is 2. The molecule has 1 aliphatic heterocycles. The van der Waals surface area contributed by atoms with Crippen molar-refractivity contribution >= 4 is 22.4 Å². The van der Waals surface area contributed by atoms with Gasteiger partial charge in [-0.1, -0.05) is 30.3 Å². The molecule has 33 heavy (non-hydrogen) atoms. The van der Waals surface area contributed by atoms with Crippen molar-refractivity contribution in [2.24, 2.45) is 7.05 Å². The molecule has 0 unspecified atom stereocenters. The Morgan fingerprint density at radius 3 is 2.70 bits per heavy atom. The van der Waals surface area contributed by atoms with E-state index in [0.717, 1.165) is 17.7 Å². The van der Waals surface area contributed by atoms with Crippen molar-refractivity contribution < 1.29 is 17.9 Å². The summed E-state index contributed by atoms with van der Waals surface area (Å²) < 4.78 is 40.4. The second-order valence-corrected chi connectivity index (χ2v) is 9.56. The summed E-state index contributed by atoms with van der Waals surface area (Å²) in [6.45, 7) is 0.965. The highest BCUT2D eigenvalue weighted by molar-refractivity contribution is 7.89. The van der Waals surface area contributed by atoms with Crippen LogP contribution in [0.3, 0.4) is 0 Å². The topological polar surface area (TPSA) is 94.5 Å². The zero-order valence-corrected chi connectivity index (χ0v) is 20.2. The lowest BCUT2D eigenvalue weighted by Crippen LogP contribution is -2.41. The van der Waals surface area contributed by atoms with Gasteiger partial charge in [0, 0.05) is 37.3 Å². The fraction of sp³-hybridized carbons (Fsp3) is 0.348. The Hall–Kier alpha value is -2.59. The zero-order chi connectivity index (χ0) is 22.6. The Labute approximate surface area is 200 Å². The number of fused-ring (bicyclic) bond motifs is 1. The van der Waals surface area contributed by atoms with Crippen LogP contribution >= 0.6 is 12.4 Å². The first-order chi connectivity index (χ1) is 15.5. The molecule has 178 valence electrons. The van der Waals surface area contributed by atoms with Crippen LogP contribution in [0, 0.1) is 0 Å². The predicted octanol–water partition coefficient (Wildman–Crippen LogP) is 2.51. The van der Waals surface area contributed by atoms with Gasteiger partial charge < -0.3 is 14.8 Å². The molecule has 2 aromatic carbocycles. The van der Waals surface area contributed by atoms with Crippen molar-refractivity contribution in [3.8, 4) is 11.5 Å². The summed E-state index contributed by atoms with van der Waals surface area (Å²) in [6.07, 6.45) is 3.66. The van der Waals surface area contributed by atoms with Gasteiger partial charge >= 0.3 is 0 Å². The molecule has 0 spiro atoms. The van der Waals surface area contributed by atoms with Gasteiger partial charge in [-0.15, -0.1) is 12.4 Å². The molecule has 0 saturated carbocycles. The van der Waals surface area contributed by atoms with Crippen LogP contribution in [0.5, 0.6) is 11.5 Å². The summed E-state index contributed by atoms with van der Waals surface area (Å²) in [5.41, 5.74) is 2.36. The molecular weight excluding hydrogens is 464 g/mol. The van der Waals surface area contributed by atoms with Crippen molar-refractivity contribution in [1.29, 1.82) is 0 Å². The van der Waals surface area contributed by atoms with E-state index < -0.39 is 10.0 Å². The minimum atomic E-state index is -3.60. The highest BCUT2D eigenvalue weighted by atomic mass is 35.5. The van der Waals surface area contributed by atoms with Gasteiger partial charge in [-0.3, -0.25) is 4.68 Å². The number of aromatic nitrogens is 2. The van der Waals surface area contributed by atoms with Gasteiger partial charge in [0.2, 0.25) is 10.0 Å². The van der Waals surface area contributed by atoms with E-state index in [9.17, 15) is 8.42 Å². The van der Waals surface area contributed by atoms with Crippen LogP contribution in [0.25, 0.3) is 0 Å². The van der Waals surface area contributed by atoms with Crippen LogP contribution in [0.4, 0.5) is 0 Å². The van der Waals surface area contributed by atoms with Crippen LogP contribution in [0.15, 0.2) is 65.8 Å². The van der Waals surface area contributed by atoms with E-state index in [-0.39, 0.29) is 42.4 Å². The first kappa shape index (κ1) is 25.0. The van der Waals surface area contributed by atoms with Gasteiger partial charge in [0.15, 0.2) is 0 Å². The lowest BCUT2D eigenvalue weighted by Gasteiger charge is -2.34. The van der Waals surface area contributed by atoms with Gasteiger partial charge in [-0.05, 0) is 37.2 Å². The maximum Gasteiger partial charge on any atom is 0.243 e. The van der Waals surface area contributed by atoms with E-state index in [0.29, 0.717) is 12.4 Å². The van der Waals surface area contributed by atoms with E-state index in [4.69, 9.17) is 9.47 Å². The Morgan fingerprint density at radius 2 is 2.00 bits per heavy atom. The summed E-state index contributed by atoms with van der Waals surface area (Å²) in [7, 11) is 0.0185. The molecule has 0 amide bonds. The Balaban J connectivity index is 0.00000306. The fourth-order valence-corrected chi connectivity index (χ4v) is 4.92. The molecule has 0 aliphatic carbocycles. The second kappa shape index (κ2) is 11.0. The average molecular weight is 493 g/mol. The van der Waals surface area contributed by atoms with E-state index in [2.05, 4.69) is 39.4 Å². The maximum atomic E-state index is 12.3. The summed E-state index contributed by atoms with van der Waals surface area (Å²) >= 11 is 0. The predicted molar refractivity (Wildman–Crippen MR) is 129 cm³/mol. The molecule has 0 radical (unpaired) electrons. The van der Waals surface area contributed by atoms with E-state index >= 15 is 0 Å². The number of sulfonamides is 1. The number of ether oxygens (including phenoxy) is 2. The smallest absolute Gasteiger partial charge is 0.243 e. The largest absolute Gasteiger partial charge is 0.492 e. The second-order valence-electron chi connectivity index (χ2n) is 7.80. The fourth-order valence-electron chi connectivity index (χ4n) is 3.92. The van der Waals surface area contributed by atoms with Crippen LogP contribution in [0.2, 0.25) is 0 Å². The minimum Gasteiger partial charge on any atom is -0.492 e. The number of likely N-dealkylation sites (N-methyl/N-ethyl adjacent to an activating group) is 1. The van der Waals surface area contributed by atoms with Crippen molar-refractivity contribution in [3.63, 3.8) is 0 Å². The first-order valence-corrected chi connectivity index (χ1v) is 12.0. The van der Waals surface area contributed by atoms with E-state index in [1.807, 2.05) is 31.3 Å². The van der Waals surface area contributed by atoms with Crippen LogP contribution in [-0.4, -0.2) is 51.0 Å². The molecule has 2 N–H and O–H groups in total. The van der Waals surface area contributed by atoms with E-state index in [1.165, 1.54) is 22.6 Å². The number of hydrogen-bond donors (Lipinski definition) is 2. The molecule has 2 atom stereocenters. The zero-order valence-electron chi connectivity index (χ0n) is 18.6. The third kappa shape index (κ3) is 6.05. The lowest BCUT2D eigenvalue weighted by molar-refractivity contribution is 0.217. The van der Waals surface area contributed by atoms with Crippen molar-refractivity contribution in [2.45, 2.75) is 23.3 Å². The number of aryl methyl sites for hydroxylation is 1. The van der Waals surface area contributed by atoms with E-state index in [1.54, 1.807) is 7.05 Å². The lowest BCUT2D eigenvalue weighted by atomic mass is 9.84. The Bertz CT molecular complexity index is 1150. The number of nitrogens with zero attached hydrogens (tertiary/aromatic N) is 2. The molecule has 0 saturated heterocycles. The SMILES string of the molecule is CN[C@@H]1COc2ccc(OCCNS(=O)(=O)c3cnn(C)c3)cc2[C@@H]1Cc1ccccc1.Cl. The molecule has 0 bridgehead atoms. The van der Waals surface area contributed by atoms with Crippen LogP contribution in [-0.2, 0) is 23.5 Å². The van der Waals surface area contributed by atoms with Crippen LogP contribution < -0.4 is 19.5 Å². The van der Waals surface area contributed by atoms with Crippen molar-refractivity contribution in [3.05, 3.63) is 72.1 Å². The first-order valence-electron chi connectivity index (χ1n) is 10.6. The van der Waals surface area contributed by atoms with Gasteiger partial charge in [0.25, 0.3) is 0 Å². The monoisotopic (exact) mass is 492 g/mol.